The molecular formula is C49H28N2O2. The predicted octanol–water partition coefficient (Wildman–Crippen LogP) is 13.5. The molecule has 0 N–H and O–H groups in total. The van der Waals surface area contributed by atoms with Crippen LogP contribution in [0.5, 0.6) is 0 Å². The average Bonchev–Trinajstić information content (AvgIpc) is 3.90. The first-order chi connectivity index (χ1) is 26.2. The molecule has 53 heavy (non-hydrogen) atoms. The molecule has 0 fully saturated rings. The Morgan fingerprint density at radius 1 is 0.434 bits per heavy atom. The van der Waals surface area contributed by atoms with E-state index < -0.39 is 0 Å². The summed E-state index contributed by atoms with van der Waals surface area (Å²) in [6.07, 6.45) is 0. The minimum Gasteiger partial charge on any atom is -0.456 e. The Labute approximate surface area is 304 Å². The fourth-order valence-electron chi connectivity index (χ4n) is 8.30. The number of rotatable bonds is 4. The Hall–Kier alpha value is -7.35. The van der Waals surface area contributed by atoms with Gasteiger partial charge in [-0.3, -0.25) is 0 Å². The number of para-hydroxylation sites is 3. The highest BCUT2D eigenvalue weighted by atomic mass is 16.3. The molecule has 0 radical (unpaired) electrons. The zero-order chi connectivity index (χ0) is 35.0. The number of nitriles is 1. The Morgan fingerprint density at radius 2 is 1.15 bits per heavy atom. The Bertz CT molecular complexity index is 3300. The molecule has 0 saturated heterocycles. The lowest BCUT2D eigenvalue weighted by Gasteiger charge is -2.17. The summed E-state index contributed by atoms with van der Waals surface area (Å²) < 4.78 is 15.4. The van der Waals surface area contributed by atoms with Crippen LogP contribution in [0.1, 0.15) is 5.56 Å². The maximum Gasteiger partial charge on any atom is 0.160 e. The van der Waals surface area contributed by atoms with Crippen molar-refractivity contribution in [3.63, 3.8) is 0 Å². The van der Waals surface area contributed by atoms with Crippen LogP contribution in [0.15, 0.2) is 179 Å². The maximum atomic E-state index is 10.5. The molecule has 4 heteroatoms. The highest BCUT2D eigenvalue weighted by Gasteiger charge is 2.22. The number of fused-ring (bicyclic) bond motifs is 10. The standard InChI is InChI=1S/C49H28N2O2/c50-29-32-22-21-31(30-11-2-1-3-12-30)27-41(32)34-24-23-33(28-42(34)37-16-10-20-46-47(37)40-15-6-9-19-45(40)52-46)51-43-17-7-4-13-35(43)38-25-26-39-36-14-5-8-18-44(36)53-49(39)48(38)51/h1-28H. The molecule has 8 aromatic carbocycles. The molecule has 0 atom stereocenters. The molecule has 0 aliphatic heterocycles. The fourth-order valence-corrected chi connectivity index (χ4v) is 8.30. The van der Waals surface area contributed by atoms with Crippen LogP contribution in [0.3, 0.4) is 0 Å². The van der Waals surface area contributed by atoms with E-state index in [2.05, 4.69) is 120 Å². The molecule has 0 aliphatic carbocycles. The minimum atomic E-state index is 0.615. The second kappa shape index (κ2) is 11.3. The summed E-state index contributed by atoms with van der Waals surface area (Å²) in [6, 6.07) is 61.2. The lowest BCUT2D eigenvalue weighted by atomic mass is 9.88. The van der Waals surface area contributed by atoms with Gasteiger partial charge in [-0.2, -0.15) is 5.26 Å². The Balaban J connectivity index is 1.26. The molecule has 11 rings (SSSR count). The summed E-state index contributed by atoms with van der Waals surface area (Å²) in [5.41, 5.74) is 13.1. The van der Waals surface area contributed by atoms with E-state index in [1.54, 1.807) is 0 Å². The highest BCUT2D eigenvalue weighted by molar-refractivity contribution is 6.21. The number of benzene rings is 8. The van der Waals surface area contributed by atoms with Crippen molar-refractivity contribution in [2.75, 3.05) is 0 Å². The lowest BCUT2D eigenvalue weighted by molar-refractivity contribution is 0.669. The molecule has 0 saturated carbocycles. The summed E-state index contributed by atoms with van der Waals surface area (Å²) in [5, 5.41) is 17.1. The van der Waals surface area contributed by atoms with E-state index in [4.69, 9.17) is 8.83 Å². The smallest absolute Gasteiger partial charge is 0.160 e. The van der Waals surface area contributed by atoms with E-state index in [1.807, 2.05) is 60.7 Å². The van der Waals surface area contributed by atoms with E-state index >= 15 is 0 Å². The zero-order valence-corrected chi connectivity index (χ0v) is 28.4. The maximum absolute atomic E-state index is 10.5. The van der Waals surface area contributed by atoms with Crippen molar-refractivity contribution in [1.29, 1.82) is 5.26 Å². The van der Waals surface area contributed by atoms with Gasteiger partial charge in [0.25, 0.3) is 0 Å². The van der Waals surface area contributed by atoms with Crippen LogP contribution in [0.25, 0.3) is 105 Å². The third-order valence-corrected chi connectivity index (χ3v) is 10.7. The first-order valence-electron chi connectivity index (χ1n) is 17.7. The zero-order valence-electron chi connectivity index (χ0n) is 28.4. The number of furan rings is 2. The molecule has 246 valence electrons. The van der Waals surface area contributed by atoms with Crippen LogP contribution >= 0.6 is 0 Å². The van der Waals surface area contributed by atoms with E-state index in [9.17, 15) is 5.26 Å². The van der Waals surface area contributed by atoms with Crippen molar-refractivity contribution >= 4 is 65.7 Å². The van der Waals surface area contributed by atoms with Gasteiger partial charge < -0.3 is 13.4 Å². The molecule has 0 amide bonds. The van der Waals surface area contributed by atoms with Gasteiger partial charge in [0.1, 0.15) is 16.7 Å². The summed E-state index contributed by atoms with van der Waals surface area (Å²) in [5.74, 6) is 0. The van der Waals surface area contributed by atoms with Crippen LogP contribution < -0.4 is 0 Å². The molecule has 0 bridgehead atoms. The van der Waals surface area contributed by atoms with E-state index in [1.165, 1.54) is 0 Å². The average molecular weight is 677 g/mol. The van der Waals surface area contributed by atoms with Crippen LogP contribution in [0, 0.1) is 11.3 Å². The van der Waals surface area contributed by atoms with E-state index in [0.717, 1.165) is 105 Å². The minimum absolute atomic E-state index is 0.615. The third-order valence-electron chi connectivity index (χ3n) is 10.7. The van der Waals surface area contributed by atoms with Gasteiger partial charge in [-0.05, 0) is 82.4 Å². The van der Waals surface area contributed by atoms with E-state index in [-0.39, 0.29) is 0 Å². The van der Waals surface area contributed by atoms with E-state index in [0.29, 0.717) is 5.56 Å². The molecule has 11 aromatic rings. The van der Waals surface area contributed by atoms with Gasteiger partial charge in [0.15, 0.2) is 5.58 Å². The quantitative estimate of drug-likeness (QED) is 0.186. The molecule has 0 spiro atoms. The summed E-state index contributed by atoms with van der Waals surface area (Å²) in [7, 11) is 0. The lowest BCUT2D eigenvalue weighted by Crippen LogP contribution is -1.97. The molecule has 0 aliphatic rings. The number of hydrogen-bond donors (Lipinski definition) is 0. The summed E-state index contributed by atoms with van der Waals surface area (Å²) >= 11 is 0. The van der Waals surface area contributed by atoms with Gasteiger partial charge in [0, 0.05) is 43.6 Å². The fraction of sp³-hybridized carbons (Fsp3) is 0. The van der Waals surface area contributed by atoms with Crippen molar-refractivity contribution in [3.8, 4) is 45.1 Å². The number of nitrogens with zero attached hydrogens (tertiary/aromatic N) is 2. The van der Waals surface area contributed by atoms with Crippen molar-refractivity contribution in [3.05, 3.63) is 175 Å². The Kier molecular flexibility index (Phi) is 6.28. The highest BCUT2D eigenvalue weighted by Crippen LogP contribution is 2.45. The summed E-state index contributed by atoms with van der Waals surface area (Å²) in [4.78, 5) is 0. The number of hydrogen-bond acceptors (Lipinski definition) is 3. The van der Waals surface area contributed by atoms with Crippen molar-refractivity contribution in [2.45, 2.75) is 0 Å². The summed E-state index contributed by atoms with van der Waals surface area (Å²) in [6.45, 7) is 0. The van der Waals surface area contributed by atoms with Gasteiger partial charge in [-0.25, -0.2) is 0 Å². The largest absolute Gasteiger partial charge is 0.456 e. The van der Waals surface area contributed by atoms with Crippen molar-refractivity contribution in [2.24, 2.45) is 0 Å². The Morgan fingerprint density at radius 3 is 2.00 bits per heavy atom. The second-order valence-electron chi connectivity index (χ2n) is 13.5. The van der Waals surface area contributed by atoms with Crippen LogP contribution in [-0.4, -0.2) is 4.57 Å². The van der Waals surface area contributed by atoms with Gasteiger partial charge in [-0.1, -0.05) is 115 Å². The number of aromatic nitrogens is 1. The van der Waals surface area contributed by atoms with Crippen molar-refractivity contribution in [1.82, 2.24) is 4.57 Å². The molecule has 0 unspecified atom stereocenters. The van der Waals surface area contributed by atoms with Gasteiger partial charge >= 0.3 is 0 Å². The molecule has 3 aromatic heterocycles. The molecule has 4 nitrogen and oxygen atoms in total. The molecular weight excluding hydrogens is 649 g/mol. The predicted molar refractivity (Wildman–Crippen MR) is 216 cm³/mol. The first-order valence-corrected chi connectivity index (χ1v) is 17.7. The monoisotopic (exact) mass is 676 g/mol. The van der Waals surface area contributed by atoms with Crippen LogP contribution in [0.4, 0.5) is 0 Å². The second-order valence-corrected chi connectivity index (χ2v) is 13.5. The van der Waals surface area contributed by atoms with Crippen molar-refractivity contribution < 1.29 is 8.83 Å². The van der Waals surface area contributed by atoms with Crippen LogP contribution in [0.2, 0.25) is 0 Å². The third kappa shape index (κ3) is 4.35. The van der Waals surface area contributed by atoms with Gasteiger partial charge in [-0.15, -0.1) is 0 Å². The molecule has 3 heterocycles. The van der Waals surface area contributed by atoms with Gasteiger partial charge in [0.2, 0.25) is 0 Å². The SMILES string of the molecule is N#Cc1ccc(-c2ccccc2)cc1-c1ccc(-n2c3ccccc3c3ccc4c5ccccc5oc4c32)cc1-c1cccc2oc3ccccc3c12. The topological polar surface area (TPSA) is 55.0 Å². The van der Waals surface area contributed by atoms with Crippen LogP contribution in [-0.2, 0) is 0 Å². The van der Waals surface area contributed by atoms with Gasteiger partial charge in [0.05, 0.1) is 22.7 Å². The first kappa shape index (κ1) is 29.4. The normalized spacial score (nSPS) is 11.8.